The molecule has 0 spiro atoms. The van der Waals surface area contributed by atoms with Gasteiger partial charge in [0.05, 0.1) is 0 Å². The number of carbonyl (C=O) groups excluding carboxylic acids is 1. The molecule has 1 atom stereocenters. The quantitative estimate of drug-likeness (QED) is 0.516. The van der Waals surface area contributed by atoms with Crippen LogP contribution in [-0.2, 0) is 4.79 Å². The maximum atomic E-state index is 13.0. The molecule has 0 radical (unpaired) electrons. The van der Waals surface area contributed by atoms with Crippen molar-refractivity contribution in [2.75, 3.05) is 0 Å². The van der Waals surface area contributed by atoms with Crippen LogP contribution in [-0.4, -0.2) is 5.78 Å². The van der Waals surface area contributed by atoms with E-state index in [1.807, 2.05) is 0 Å². The normalized spacial score (nSPS) is 18.8. The fourth-order valence-electron chi connectivity index (χ4n) is 4.61. The van der Waals surface area contributed by atoms with Gasteiger partial charge in [-0.2, -0.15) is 0 Å². The minimum Gasteiger partial charge on any atom is -0.461 e. The molecule has 3 aromatic rings. The van der Waals surface area contributed by atoms with E-state index in [1.54, 1.807) is 0 Å². The first-order valence-electron chi connectivity index (χ1n) is 10.2. The first-order valence-corrected chi connectivity index (χ1v) is 10.2. The van der Waals surface area contributed by atoms with Crippen LogP contribution in [0.4, 0.5) is 0 Å². The summed E-state index contributed by atoms with van der Waals surface area (Å²) < 4.78 is 6.29. The van der Waals surface area contributed by atoms with Gasteiger partial charge in [-0.3, -0.25) is 4.79 Å². The second-order valence-electron chi connectivity index (χ2n) is 8.17. The molecule has 5 rings (SSSR count). The molecule has 0 N–H and O–H groups in total. The number of rotatable bonds is 2. The van der Waals surface area contributed by atoms with Gasteiger partial charge < -0.3 is 4.74 Å². The van der Waals surface area contributed by atoms with E-state index in [2.05, 4.69) is 74.5 Å². The van der Waals surface area contributed by atoms with E-state index in [0.29, 0.717) is 12.3 Å². The first kappa shape index (κ1) is 17.2. The van der Waals surface area contributed by atoms with Crippen molar-refractivity contribution in [2.45, 2.75) is 44.9 Å². The summed E-state index contributed by atoms with van der Waals surface area (Å²) in [5.74, 6) is 2.43. The SMILES string of the molecule is CC(C)c1ccc(C2C3=C(CCCC3=O)Oc3ccc4ccccc4c32)cc1. The highest BCUT2D eigenvalue weighted by molar-refractivity contribution is 6.01. The first-order chi connectivity index (χ1) is 13.6. The second kappa shape index (κ2) is 6.63. The molecule has 0 amide bonds. The molecule has 28 heavy (non-hydrogen) atoms. The number of hydrogen-bond donors (Lipinski definition) is 0. The molecule has 1 aliphatic carbocycles. The Bertz CT molecular complexity index is 1100. The number of benzene rings is 3. The fraction of sp³-hybridized carbons (Fsp3) is 0.269. The summed E-state index contributed by atoms with van der Waals surface area (Å²) in [4.78, 5) is 13.0. The van der Waals surface area contributed by atoms with Crippen molar-refractivity contribution in [2.24, 2.45) is 0 Å². The minimum absolute atomic E-state index is 0.0566. The summed E-state index contributed by atoms with van der Waals surface area (Å²) in [5.41, 5.74) is 4.49. The van der Waals surface area contributed by atoms with Crippen LogP contribution in [0.2, 0.25) is 0 Å². The van der Waals surface area contributed by atoms with Crippen molar-refractivity contribution in [3.05, 3.63) is 88.7 Å². The number of hydrogen-bond acceptors (Lipinski definition) is 2. The molecule has 1 heterocycles. The minimum atomic E-state index is -0.0566. The lowest BCUT2D eigenvalue weighted by atomic mass is 9.75. The largest absolute Gasteiger partial charge is 0.461 e. The third kappa shape index (κ3) is 2.67. The molecular weight excluding hydrogens is 344 g/mol. The highest BCUT2D eigenvalue weighted by Crippen LogP contribution is 2.49. The Balaban J connectivity index is 1.77. The standard InChI is InChI=1S/C26H24O2/c1-16(2)17-10-12-19(13-11-17)24-25-20-7-4-3-6-18(20)14-15-23(25)28-22-9-5-8-21(27)26(22)24/h3-4,6-7,10-16,24H,5,8-9H2,1-2H3. The fourth-order valence-corrected chi connectivity index (χ4v) is 4.61. The molecule has 3 aromatic carbocycles. The molecule has 2 nitrogen and oxygen atoms in total. The van der Waals surface area contributed by atoms with Gasteiger partial charge in [-0.05, 0) is 40.3 Å². The van der Waals surface area contributed by atoms with Crippen molar-refractivity contribution < 1.29 is 9.53 Å². The van der Waals surface area contributed by atoms with Gasteiger partial charge in [-0.15, -0.1) is 0 Å². The van der Waals surface area contributed by atoms with Crippen LogP contribution in [0.3, 0.4) is 0 Å². The van der Waals surface area contributed by atoms with Crippen molar-refractivity contribution >= 4 is 16.6 Å². The molecule has 0 saturated heterocycles. The van der Waals surface area contributed by atoms with Gasteiger partial charge >= 0.3 is 0 Å². The second-order valence-corrected chi connectivity index (χ2v) is 8.17. The highest BCUT2D eigenvalue weighted by atomic mass is 16.5. The number of ketones is 1. The van der Waals surface area contributed by atoms with Gasteiger partial charge in [0, 0.05) is 29.9 Å². The van der Waals surface area contributed by atoms with Crippen LogP contribution in [0.25, 0.3) is 10.8 Å². The monoisotopic (exact) mass is 368 g/mol. The predicted octanol–water partition coefficient (Wildman–Crippen LogP) is 6.49. The van der Waals surface area contributed by atoms with Crippen LogP contribution < -0.4 is 4.74 Å². The number of carbonyl (C=O) groups is 1. The van der Waals surface area contributed by atoms with E-state index in [9.17, 15) is 4.79 Å². The molecule has 2 heteroatoms. The Kier molecular flexibility index (Phi) is 4.08. The lowest BCUT2D eigenvalue weighted by Gasteiger charge is -2.33. The molecule has 0 fully saturated rings. The van der Waals surface area contributed by atoms with Gasteiger partial charge in [0.25, 0.3) is 0 Å². The number of allylic oxidation sites excluding steroid dienone is 2. The van der Waals surface area contributed by atoms with E-state index in [4.69, 9.17) is 4.74 Å². The summed E-state index contributed by atoms with van der Waals surface area (Å²) in [6, 6.07) is 21.4. The Morgan fingerprint density at radius 2 is 1.71 bits per heavy atom. The van der Waals surface area contributed by atoms with Crippen LogP contribution in [0.1, 0.15) is 61.6 Å². The summed E-state index contributed by atoms with van der Waals surface area (Å²) >= 11 is 0. The van der Waals surface area contributed by atoms with Gasteiger partial charge in [-0.25, -0.2) is 0 Å². The Hall–Kier alpha value is -2.87. The summed E-state index contributed by atoms with van der Waals surface area (Å²) in [6.07, 6.45) is 2.33. The van der Waals surface area contributed by atoms with Crippen molar-refractivity contribution in [1.82, 2.24) is 0 Å². The van der Waals surface area contributed by atoms with E-state index < -0.39 is 0 Å². The zero-order valence-corrected chi connectivity index (χ0v) is 16.4. The van der Waals surface area contributed by atoms with Gasteiger partial charge in [0.1, 0.15) is 11.5 Å². The Morgan fingerprint density at radius 1 is 0.929 bits per heavy atom. The number of fused-ring (bicyclic) bond motifs is 3. The van der Waals surface area contributed by atoms with Crippen LogP contribution in [0.15, 0.2) is 72.0 Å². The van der Waals surface area contributed by atoms with Crippen LogP contribution >= 0.6 is 0 Å². The predicted molar refractivity (Wildman–Crippen MR) is 113 cm³/mol. The van der Waals surface area contributed by atoms with Crippen molar-refractivity contribution in [3.8, 4) is 5.75 Å². The van der Waals surface area contributed by atoms with Crippen LogP contribution in [0, 0.1) is 0 Å². The third-order valence-electron chi connectivity index (χ3n) is 6.09. The van der Waals surface area contributed by atoms with E-state index in [-0.39, 0.29) is 11.7 Å². The molecule has 1 unspecified atom stereocenters. The summed E-state index contributed by atoms with van der Waals surface area (Å²) in [5, 5.41) is 2.35. The topological polar surface area (TPSA) is 26.3 Å². The molecule has 0 aromatic heterocycles. The molecule has 140 valence electrons. The van der Waals surface area contributed by atoms with Crippen LogP contribution in [0.5, 0.6) is 5.75 Å². The summed E-state index contributed by atoms with van der Waals surface area (Å²) in [6.45, 7) is 4.41. The van der Waals surface area contributed by atoms with E-state index in [0.717, 1.165) is 35.5 Å². The van der Waals surface area contributed by atoms with Gasteiger partial charge in [0.15, 0.2) is 5.78 Å². The maximum absolute atomic E-state index is 13.0. The average molecular weight is 368 g/mol. The number of Topliss-reactive ketones (excluding diaryl/α,β-unsaturated/α-hetero) is 1. The Labute approximate surface area is 165 Å². The smallest absolute Gasteiger partial charge is 0.163 e. The zero-order valence-electron chi connectivity index (χ0n) is 16.4. The maximum Gasteiger partial charge on any atom is 0.163 e. The Morgan fingerprint density at radius 3 is 2.50 bits per heavy atom. The summed E-state index contributed by atoms with van der Waals surface area (Å²) in [7, 11) is 0. The molecule has 0 bridgehead atoms. The molecular formula is C26H24O2. The van der Waals surface area contributed by atoms with Crippen molar-refractivity contribution in [3.63, 3.8) is 0 Å². The zero-order chi connectivity index (χ0) is 19.3. The molecule has 1 aliphatic heterocycles. The van der Waals surface area contributed by atoms with Gasteiger partial charge in [0.2, 0.25) is 0 Å². The van der Waals surface area contributed by atoms with E-state index in [1.165, 1.54) is 21.9 Å². The third-order valence-corrected chi connectivity index (χ3v) is 6.09. The molecule has 0 saturated carbocycles. The van der Waals surface area contributed by atoms with Gasteiger partial charge in [-0.1, -0.05) is 68.4 Å². The average Bonchev–Trinajstić information content (AvgIpc) is 2.72. The highest BCUT2D eigenvalue weighted by Gasteiger charge is 2.37. The lowest BCUT2D eigenvalue weighted by Crippen LogP contribution is -2.25. The molecule has 2 aliphatic rings. The lowest BCUT2D eigenvalue weighted by molar-refractivity contribution is -0.116. The van der Waals surface area contributed by atoms with E-state index >= 15 is 0 Å². The number of ether oxygens (including phenoxy) is 1. The van der Waals surface area contributed by atoms with Crippen molar-refractivity contribution in [1.29, 1.82) is 0 Å².